The van der Waals surface area contributed by atoms with Crippen LogP contribution < -0.4 is 34.9 Å². The first-order valence-electron chi connectivity index (χ1n) is 21.2. The minimum absolute atomic E-state index is 0.00157. The molecule has 0 bridgehead atoms. The number of methoxy groups -OCH3 is 1. The van der Waals surface area contributed by atoms with Gasteiger partial charge in [-0.15, -0.1) is 0 Å². The molecule has 0 spiro atoms. The molecule has 1 saturated heterocycles. The molecule has 0 radical (unpaired) electrons. The standard InChI is InChI=1S/C43H56N8O10S/c1-25(2)60-36-21-34(29-14-15-33(59-6)26(3)37(29)46-36)61-28-20-32-39(54)47-43(41(56)49-62(57,58)42(4)17-18-42)22-27(43)12-10-8-7-9-11-13-31(40(55)51(32)23-28)45-38(53)30-16-19-50(48-30)24-35(52)44-5/h10,12,14-16,19,21,25,27-28,31-32H,7-9,11,13,17-18,20,22-24H2,1-6H3,(H,44,52)(H,45,53)(H,47,54)(H,49,56)/b12-10-/t27-,28-,31+,32+,43-/m1/s1. The Morgan fingerprint density at radius 3 is 2.56 bits per heavy atom. The second kappa shape index (κ2) is 17.6. The lowest BCUT2D eigenvalue weighted by Crippen LogP contribution is -2.58. The zero-order valence-corrected chi connectivity index (χ0v) is 36.8. The van der Waals surface area contributed by atoms with E-state index in [1.54, 1.807) is 26.2 Å². The smallest absolute Gasteiger partial charge is 0.272 e. The molecule has 1 aromatic carbocycles. The van der Waals surface area contributed by atoms with Gasteiger partial charge >= 0.3 is 0 Å². The molecule has 7 rings (SSSR count). The van der Waals surface area contributed by atoms with E-state index >= 15 is 0 Å². The molecule has 334 valence electrons. The van der Waals surface area contributed by atoms with Crippen LogP contribution in [0.25, 0.3) is 10.9 Å². The van der Waals surface area contributed by atoms with E-state index in [1.807, 2.05) is 39.0 Å². The number of benzene rings is 1. The molecule has 3 aromatic rings. The minimum Gasteiger partial charge on any atom is -0.496 e. The molecular weight excluding hydrogens is 821 g/mol. The van der Waals surface area contributed by atoms with E-state index < -0.39 is 68.0 Å². The summed E-state index contributed by atoms with van der Waals surface area (Å²) < 4.78 is 47.3. The Morgan fingerprint density at radius 2 is 1.85 bits per heavy atom. The Kier molecular flexibility index (Phi) is 12.6. The van der Waals surface area contributed by atoms with Crippen molar-refractivity contribution in [3.8, 4) is 17.4 Å². The second-order valence-corrected chi connectivity index (χ2v) is 19.4. The van der Waals surface area contributed by atoms with Crippen LogP contribution in [0.1, 0.15) is 94.6 Å². The number of carbonyl (C=O) groups is 5. The van der Waals surface area contributed by atoms with Crippen LogP contribution >= 0.6 is 0 Å². The Bertz CT molecular complexity index is 2400. The molecule has 2 aliphatic carbocycles. The molecule has 4 aliphatic rings. The summed E-state index contributed by atoms with van der Waals surface area (Å²) in [6, 6.07) is 4.47. The van der Waals surface area contributed by atoms with Crippen molar-refractivity contribution in [2.45, 2.75) is 127 Å². The van der Waals surface area contributed by atoms with Gasteiger partial charge in [0.1, 0.15) is 47.5 Å². The van der Waals surface area contributed by atoms with Gasteiger partial charge in [0.2, 0.25) is 33.6 Å². The van der Waals surface area contributed by atoms with E-state index in [0.717, 1.165) is 12.0 Å². The van der Waals surface area contributed by atoms with Crippen molar-refractivity contribution in [2.24, 2.45) is 5.92 Å². The molecule has 5 amide bonds. The second-order valence-electron chi connectivity index (χ2n) is 17.2. The van der Waals surface area contributed by atoms with E-state index in [4.69, 9.17) is 19.2 Å². The van der Waals surface area contributed by atoms with Crippen LogP contribution in [0, 0.1) is 12.8 Å². The fourth-order valence-electron chi connectivity index (χ4n) is 8.13. The summed E-state index contributed by atoms with van der Waals surface area (Å²) in [7, 11) is -0.975. The molecule has 18 nitrogen and oxygen atoms in total. The zero-order valence-electron chi connectivity index (χ0n) is 36.0. The van der Waals surface area contributed by atoms with Crippen molar-refractivity contribution in [3.63, 3.8) is 0 Å². The van der Waals surface area contributed by atoms with Crippen LogP contribution in [0.3, 0.4) is 0 Å². The van der Waals surface area contributed by atoms with E-state index in [0.29, 0.717) is 60.4 Å². The van der Waals surface area contributed by atoms with Crippen molar-refractivity contribution in [3.05, 3.63) is 53.9 Å². The Morgan fingerprint density at radius 1 is 1.08 bits per heavy atom. The maximum absolute atomic E-state index is 14.9. The number of likely N-dealkylation sites (N-methyl/N-ethyl adjacent to an activating group) is 1. The topological polar surface area (TPSA) is 229 Å². The average molecular weight is 877 g/mol. The van der Waals surface area contributed by atoms with E-state index in [-0.39, 0.29) is 50.1 Å². The Balaban J connectivity index is 1.22. The average Bonchev–Trinajstić information content (AvgIpc) is 4.01. The van der Waals surface area contributed by atoms with Crippen molar-refractivity contribution in [2.75, 3.05) is 20.7 Å². The molecule has 2 aliphatic heterocycles. The van der Waals surface area contributed by atoms with Gasteiger partial charge < -0.3 is 35.1 Å². The maximum Gasteiger partial charge on any atom is 0.272 e. The summed E-state index contributed by atoms with van der Waals surface area (Å²) in [4.78, 5) is 75.3. The third kappa shape index (κ3) is 9.22. The first kappa shape index (κ1) is 44.3. The Labute approximate surface area is 360 Å². The van der Waals surface area contributed by atoms with Crippen molar-refractivity contribution >= 4 is 50.5 Å². The largest absolute Gasteiger partial charge is 0.496 e. The number of rotatable bonds is 12. The van der Waals surface area contributed by atoms with Gasteiger partial charge in [-0.25, -0.2) is 13.4 Å². The third-order valence-electron chi connectivity index (χ3n) is 12.2. The molecular formula is C43H56N8O10S. The van der Waals surface area contributed by atoms with E-state index in [1.165, 1.54) is 28.9 Å². The van der Waals surface area contributed by atoms with Crippen LogP contribution in [-0.4, -0.2) is 113 Å². The number of pyridine rings is 1. The fourth-order valence-corrected chi connectivity index (χ4v) is 9.44. The molecule has 0 unspecified atom stereocenters. The number of aromatic nitrogens is 3. The highest BCUT2D eigenvalue weighted by atomic mass is 32.2. The first-order chi connectivity index (χ1) is 29.5. The molecule has 19 heteroatoms. The van der Waals surface area contributed by atoms with Crippen LogP contribution in [0.15, 0.2) is 42.6 Å². The van der Waals surface area contributed by atoms with Gasteiger partial charge in [-0.1, -0.05) is 25.0 Å². The number of ether oxygens (including phenoxy) is 3. The van der Waals surface area contributed by atoms with E-state index in [9.17, 15) is 32.4 Å². The molecule has 2 aromatic heterocycles. The number of fused-ring (bicyclic) bond motifs is 3. The Hall–Kier alpha value is -5.72. The number of carbonyl (C=O) groups excluding carboxylic acids is 5. The number of nitrogens with one attached hydrogen (secondary N) is 4. The monoisotopic (exact) mass is 876 g/mol. The molecule has 62 heavy (non-hydrogen) atoms. The normalized spacial score (nSPS) is 25.3. The lowest BCUT2D eigenvalue weighted by molar-refractivity contribution is -0.141. The van der Waals surface area contributed by atoms with Crippen molar-refractivity contribution in [1.82, 2.24) is 40.3 Å². The lowest BCUT2D eigenvalue weighted by atomic mass is 10.0. The molecule has 5 atom stereocenters. The predicted molar refractivity (Wildman–Crippen MR) is 227 cm³/mol. The summed E-state index contributed by atoms with van der Waals surface area (Å²) in [5.74, 6) is -2.14. The number of aryl methyl sites for hydroxylation is 1. The number of hydrogen-bond donors (Lipinski definition) is 4. The fraction of sp³-hybridized carbons (Fsp3) is 0.558. The third-order valence-corrected chi connectivity index (χ3v) is 14.4. The summed E-state index contributed by atoms with van der Waals surface area (Å²) in [6.45, 7) is 7.02. The minimum atomic E-state index is -4.03. The van der Waals surface area contributed by atoms with Crippen LogP contribution in [0.5, 0.6) is 17.4 Å². The summed E-state index contributed by atoms with van der Waals surface area (Å²) >= 11 is 0. The van der Waals surface area contributed by atoms with Gasteiger partial charge in [0, 0.05) is 42.6 Å². The summed E-state index contributed by atoms with van der Waals surface area (Å²) in [5, 5.41) is 13.1. The quantitative estimate of drug-likeness (QED) is 0.193. The highest BCUT2D eigenvalue weighted by Crippen LogP contribution is 2.47. The van der Waals surface area contributed by atoms with Crippen LogP contribution in [0.2, 0.25) is 0 Å². The number of hydrogen-bond acceptors (Lipinski definition) is 12. The first-order valence-corrected chi connectivity index (χ1v) is 22.7. The molecule has 2 saturated carbocycles. The number of allylic oxidation sites excluding steroid dienone is 1. The van der Waals surface area contributed by atoms with Gasteiger partial charge in [0.25, 0.3) is 11.8 Å². The van der Waals surface area contributed by atoms with Gasteiger partial charge in [0.15, 0.2) is 0 Å². The van der Waals surface area contributed by atoms with Crippen LogP contribution in [0.4, 0.5) is 0 Å². The summed E-state index contributed by atoms with van der Waals surface area (Å²) in [5.41, 5.74) is -0.236. The summed E-state index contributed by atoms with van der Waals surface area (Å²) in [6.07, 6.45) is 8.22. The number of sulfonamides is 1. The zero-order chi connectivity index (χ0) is 44.6. The number of amides is 5. The molecule has 3 fully saturated rings. The number of nitrogens with zero attached hydrogens (tertiary/aromatic N) is 4. The van der Waals surface area contributed by atoms with Crippen molar-refractivity contribution < 1.29 is 46.6 Å². The van der Waals surface area contributed by atoms with E-state index in [2.05, 4.69) is 25.8 Å². The van der Waals surface area contributed by atoms with Crippen LogP contribution in [-0.2, 0) is 35.7 Å². The van der Waals surface area contributed by atoms with Gasteiger partial charge in [-0.3, -0.25) is 33.4 Å². The molecule has 4 N–H and O–H groups in total. The lowest BCUT2D eigenvalue weighted by Gasteiger charge is -2.30. The molecule has 4 heterocycles. The van der Waals surface area contributed by atoms with Crippen molar-refractivity contribution in [1.29, 1.82) is 0 Å². The highest BCUT2D eigenvalue weighted by Gasteiger charge is 2.63. The SMILES string of the molecule is CNC(=O)Cn1ccc(C(=O)N[C@H]2CCCCC/C=C\[C@@H]3C[C@@]3(C(=O)NS(=O)(=O)C3(C)CC3)NC(=O)[C@@H]3C[C@@H](Oc4cc(OC(C)C)nc5c(C)c(OC)ccc45)CN3C2=O)n1. The maximum atomic E-state index is 14.9. The highest BCUT2D eigenvalue weighted by molar-refractivity contribution is 7.91. The van der Waals surface area contributed by atoms with Gasteiger partial charge in [-0.05, 0) is 84.4 Å². The predicted octanol–water partition coefficient (Wildman–Crippen LogP) is 2.82. The van der Waals surface area contributed by atoms with Gasteiger partial charge in [0.05, 0.1) is 30.0 Å². The van der Waals surface area contributed by atoms with Gasteiger partial charge in [-0.2, -0.15) is 5.10 Å².